The molecule has 0 atom stereocenters. The van der Waals surface area contributed by atoms with Crippen LogP contribution in [-0.2, 0) is 5.54 Å². The highest BCUT2D eigenvalue weighted by atomic mass is 16.6. The number of hydrogen-bond acceptors (Lipinski definition) is 5. The number of nitrogens with zero attached hydrogens (tertiary/aromatic N) is 2. The number of carbonyl (C=O) groups is 2. The minimum absolute atomic E-state index is 0.0949. The molecule has 8 heteroatoms. The van der Waals surface area contributed by atoms with Gasteiger partial charge in [-0.1, -0.05) is 6.07 Å². The molecule has 29 heavy (non-hydrogen) atoms. The molecule has 3 aliphatic rings. The van der Waals surface area contributed by atoms with E-state index in [1.165, 1.54) is 6.26 Å². The Balaban J connectivity index is 1.21. The van der Waals surface area contributed by atoms with Crippen molar-refractivity contribution in [1.29, 1.82) is 0 Å². The van der Waals surface area contributed by atoms with Gasteiger partial charge in [-0.2, -0.15) is 0 Å². The monoisotopic (exact) mass is 397 g/mol. The summed E-state index contributed by atoms with van der Waals surface area (Å²) in [5.41, 5.74) is 0.704. The molecule has 1 saturated heterocycles. The van der Waals surface area contributed by atoms with Crippen LogP contribution in [0.1, 0.15) is 29.0 Å². The van der Waals surface area contributed by atoms with Crippen molar-refractivity contribution in [3.8, 4) is 11.5 Å². The third-order valence-electron chi connectivity index (χ3n) is 5.78. The van der Waals surface area contributed by atoms with Crippen LogP contribution in [0.2, 0.25) is 0 Å². The number of rotatable bonds is 3. The van der Waals surface area contributed by atoms with Gasteiger partial charge in [0.15, 0.2) is 17.3 Å². The lowest BCUT2D eigenvalue weighted by Crippen LogP contribution is -2.54. The van der Waals surface area contributed by atoms with Crippen LogP contribution >= 0.6 is 0 Å². The van der Waals surface area contributed by atoms with Crippen molar-refractivity contribution < 1.29 is 23.5 Å². The maximum atomic E-state index is 12.9. The summed E-state index contributed by atoms with van der Waals surface area (Å²) in [7, 11) is 0. The molecule has 0 bridgehead atoms. The Labute approximate surface area is 168 Å². The van der Waals surface area contributed by atoms with Gasteiger partial charge >= 0.3 is 6.03 Å². The fourth-order valence-corrected chi connectivity index (χ4v) is 3.90. The number of furan rings is 1. The minimum Gasteiger partial charge on any atom is -0.486 e. The third kappa shape index (κ3) is 3.39. The zero-order valence-electron chi connectivity index (χ0n) is 16.1. The second kappa shape index (κ2) is 7.02. The number of amides is 3. The number of hydrogen-bond donors (Lipinski definition) is 1. The Morgan fingerprint density at radius 1 is 0.931 bits per heavy atom. The SMILES string of the molecule is O=C(NC1(c2ccc3c(c2)OCCO3)CC1)N1CCN(C(=O)c2ccco2)CC1. The first-order valence-electron chi connectivity index (χ1n) is 9.95. The quantitative estimate of drug-likeness (QED) is 0.859. The standard InChI is InChI=1S/C21H23N3O5/c25-19(17-2-1-11-27-17)23-7-9-24(10-8-23)20(26)22-21(5-6-21)15-3-4-16-18(14-15)29-13-12-28-16/h1-4,11,14H,5-10,12-13H2,(H,22,26). The van der Waals surface area contributed by atoms with Crippen molar-refractivity contribution in [2.24, 2.45) is 0 Å². The summed E-state index contributed by atoms with van der Waals surface area (Å²) in [5, 5.41) is 3.20. The molecule has 1 aliphatic carbocycles. The lowest BCUT2D eigenvalue weighted by Gasteiger charge is -2.35. The minimum atomic E-state index is -0.339. The second-order valence-corrected chi connectivity index (χ2v) is 7.63. The van der Waals surface area contributed by atoms with Crippen LogP contribution in [0.5, 0.6) is 11.5 Å². The van der Waals surface area contributed by atoms with E-state index in [0.717, 1.165) is 29.9 Å². The van der Waals surface area contributed by atoms with E-state index in [-0.39, 0.29) is 17.5 Å². The molecular formula is C21H23N3O5. The van der Waals surface area contributed by atoms with Gasteiger partial charge in [0.1, 0.15) is 13.2 Å². The summed E-state index contributed by atoms with van der Waals surface area (Å²) < 4.78 is 16.4. The molecule has 3 amide bonds. The second-order valence-electron chi connectivity index (χ2n) is 7.63. The van der Waals surface area contributed by atoms with Crippen LogP contribution < -0.4 is 14.8 Å². The average molecular weight is 397 g/mol. The van der Waals surface area contributed by atoms with E-state index in [1.54, 1.807) is 21.9 Å². The van der Waals surface area contributed by atoms with E-state index in [1.807, 2.05) is 18.2 Å². The van der Waals surface area contributed by atoms with Gasteiger partial charge in [-0.25, -0.2) is 4.79 Å². The van der Waals surface area contributed by atoms with Crippen molar-refractivity contribution in [3.05, 3.63) is 47.9 Å². The summed E-state index contributed by atoms with van der Waals surface area (Å²) in [6.07, 6.45) is 3.29. The third-order valence-corrected chi connectivity index (χ3v) is 5.78. The number of piperazine rings is 1. The molecule has 5 rings (SSSR count). The van der Waals surface area contributed by atoms with Gasteiger partial charge in [0.25, 0.3) is 5.91 Å². The summed E-state index contributed by atoms with van der Waals surface area (Å²) in [6.45, 7) is 3.07. The predicted octanol–water partition coefficient (Wildman–Crippen LogP) is 2.21. The molecule has 8 nitrogen and oxygen atoms in total. The zero-order valence-corrected chi connectivity index (χ0v) is 16.1. The van der Waals surface area contributed by atoms with Crippen LogP contribution in [-0.4, -0.2) is 61.1 Å². The van der Waals surface area contributed by atoms with Crippen molar-refractivity contribution in [2.45, 2.75) is 18.4 Å². The van der Waals surface area contributed by atoms with Gasteiger partial charge in [0.2, 0.25) is 0 Å². The van der Waals surface area contributed by atoms with Crippen LogP contribution in [0, 0.1) is 0 Å². The van der Waals surface area contributed by atoms with Gasteiger partial charge in [-0.05, 0) is 42.7 Å². The lowest BCUT2D eigenvalue weighted by molar-refractivity contribution is 0.0632. The van der Waals surface area contributed by atoms with Crippen LogP contribution in [0.4, 0.5) is 4.79 Å². The van der Waals surface area contributed by atoms with Crippen LogP contribution in [0.15, 0.2) is 41.0 Å². The molecule has 2 aromatic rings. The number of benzene rings is 1. The maximum Gasteiger partial charge on any atom is 0.318 e. The molecule has 1 saturated carbocycles. The molecule has 3 heterocycles. The van der Waals surface area contributed by atoms with Gasteiger partial charge in [0, 0.05) is 26.2 Å². The van der Waals surface area contributed by atoms with E-state index in [4.69, 9.17) is 13.9 Å². The average Bonchev–Trinajstić information content (AvgIpc) is 3.33. The maximum absolute atomic E-state index is 12.9. The van der Waals surface area contributed by atoms with Crippen LogP contribution in [0.3, 0.4) is 0 Å². The van der Waals surface area contributed by atoms with Gasteiger partial charge in [0.05, 0.1) is 11.8 Å². The summed E-state index contributed by atoms with van der Waals surface area (Å²) >= 11 is 0. The Morgan fingerprint density at radius 3 is 2.34 bits per heavy atom. The Hall–Kier alpha value is -3.16. The Bertz CT molecular complexity index is 914. The van der Waals surface area contributed by atoms with E-state index in [0.29, 0.717) is 45.2 Å². The molecule has 0 unspecified atom stereocenters. The Kier molecular flexibility index (Phi) is 4.34. The summed E-state index contributed by atoms with van der Waals surface area (Å²) in [5.74, 6) is 1.68. The molecule has 1 aromatic heterocycles. The van der Waals surface area contributed by atoms with E-state index in [2.05, 4.69) is 5.32 Å². The summed E-state index contributed by atoms with van der Waals surface area (Å²) in [4.78, 5) is 28.7. The molecule has 2 fully saturated rings. The Morgan fingerprint density at radius 2 is 1.66 bits per heavy atom. The zero-order chi connectivity index (χ0) is 19.8. The first-order chi connectivity index (χ1) is 14.1. The number of urea groups is 1. The smallest absolute Gasteiger partial charge is 0.318 e. The lowest BCUT2D eigenvalue weighted by atomic mass is 10.0. The van der Waals surface area contributed by atoms with Crippen molar-refractivity contribution in [1.82, 2.24) is 15.1 Å². The molecule has 0 spiro atoms. The highest BCUT2D eigenvalue weighted by Gasteiger charge is 2.47. The predicted molar refractivity (Wildman–Crippen MR) is 103 cm³/mol. The van der Waals surface area contributed by atoms with E-state index in [9.17, 15) is 9.59 Å². The fourth-order valence-electron chi connectivity index (χ4n) is 3.90. The normalized spacial score (nSPS) is 19.6. The van der Waals surface area contributed by atoms with E-state index >= 15 is 0 Å². The van der Waals surface area contributed by atoms with E-state index < -0.39 is 0 Å². The van der Waals surface area contributed by atoms with Gasteiger partial charge < -0.3 is 29.0 Å². The van der Waals surface area contributed by atoms with Crippen molar-refractivity contribution in [2.75, 3.05) is 39.4 Å². The van der Waals surface area contributed by atoms with Crippen molar-refractivity contribution >= 4 is 11.9 Å². The number of fused-ring (bicyclic) bond motifs is 1. The fraction of sp³-hybridized carbons (Fsp3) is 0.429. The largest absolute Gasteiger partial charge is 0.486 e. The number of ether oxygens (including phenoxy) is 2. The molecule has 1 N–H and O–H groups in total. The molecule has 1 aromatic carbocycles. The topological polar surface area (TPSA) is 84.3 Å². The van der Waals surface area contributed by atoms with Gasteiger partial charge in [-0.3, -0.25) is 4.79 Å². The molecule has 0 radical (unpaired) electrons. The van der Waals surface area contributed by atoms with Crippen LogP contribution in [0.25, 0.3) is 0 Å². The molecular weight excluding hydrogens is 374 g/mol. The first-order valence-corrected chi connectivity index (χ1v) is 9.95. The van der Waals surface area contributed by atoms with Gasteiger partial charge in [-0.15, -0.1) is 0 Å². The molecule has 152 valence electrons. The highest BCUT2D eigenvalue weighted by Crippen LogP contribution is 2.48. The molecule has 2 aliphatic heterocycles. The highest BCUT2D eigenvalue weighted by molar-refractivity contribution is 5.91. The number of nitrogens with one attached hydrogen (secondary N) is 1. The number of carbonyl (C=O) groups excluding carboxylic acids is 2. The summed E-state index contributed by atoms with van der Waals surface area (Å²) in [6, 6.07) is 9.15. The first kappa shape index (κ1) is 17.9. The van der Waals surface area contributed by atoms with Crippen molar-refractivity contribution in [3.63, 3.8) is 0 Å².